The van der Waals surface area contributed by atoms with E-state index < -0.39 is 0 Å². The molecule has 0 amide bonds. The van der Waals surface area contributed by atoms with Gasteiger partial charge in [0.25, 0.3) is 0 Å². The Balaban J connectivity index is 1.74. The molecule has 0 spiro atoms. The summed E-state index contributed by atoms with van der Waals surface area (Å²) in [4.78, 5) is 1.39. The van der Waals surface area contributed by atoms with Crippen LogP contribution in [0.4, 0.5) is 0 Å². The minimum atomic E-state index is 0.449. The lowest BCUT2D eigenvalue weighted by molar-refractivity contribution is 0.218. The third-order valence-electron chi connectivity index (χ3n) is 4.35. The van der Waals surface area contributed by atoms with Gasteiger partial charge in [0.15, 0.2) is 0 Å². The van der Waals surface area contributed by atoms with Crippen LogP contribution in [0.5, 0.6) is 0 Å². The first-order chi connectivity index (χ1) is 9.29. The van der Waals surface area contributed by atoms with Gasteiger partial charge in [0.1, 0.15) is 0 Å². The van der Waals surface area contributed by atoms with Crippen molar-refractivity contribution < 1.29 is 0 Å². The van der Waals surface area contributed by atoms with Gasteiger partial charge in [-0.2, -0.15) is 0 Å². The average molecular weight is 277 g/mol. The molecule has 1 aliphatic carbocycles. The molecular formula is C17H27NS. The predicted molar refractivity (Wildman–Crippen MR) is 85.5 cm³/mol. The highest BCUT2D eigenvalue weighted by molar-refractivity contribution is 7.99. The standard InChI is InChI=1S/C17H27NS/c1-2-6-14-9-10-17(18)15(13-14)11-12-19-16-7-4-3-5-8-16/h3-5,7-8,14-15,17H,2,6,9-13,18H2,1H3. The molecule has 19 heavy (non-hydrogen) atoms. The Kier molecular flexibility index (Phi) is 6.25. The molecule has 2 heteroatoms. The third kappa shape index (κ3) is 4.85. The summed E-state index contributed by atoms with van der Waals surface area (Å²) in [7, 11) is 0. The van der Waals surface area contributed by atoms with Crippen LogP contribution in [0.25, 0.3) is 0 Å². The van der Waals surface area contributed by atoms with Gasteiger partial charge in [0, 0.05) is 10.9 Å². The lowest BCUT2D eigenvalue weighted by atomic mass is 9.75. The van der Waals surface area contributed by atoms with E-state index in [1.807, 2.05) is 11.8 Å². The molecule has 1 aliphatic rings. The van der Waals surface area contributed by atoms with Crippen molar-refractivity contribution in [1.29, 1.82) is 0 Å². The fraction of sp³-hybridized carbons (Fsp3) is 0.647. The molecule has 3 unspecified atom stereocenters. The summed E-state index contributed by atoms with van der Waals surface area (Å²) < 4.78 is 0. The number of rotatable bonds is 6. The monoisotopic (exact) mass is 277 g/mol. The maximum absolute atomic E-state index is 6.31. The van der Waals surface area contributed by atoms with Crippen LogP contribution in [0.15, 0.2) is 35.2 Å². The van der Waals surface area contributed by atoms with Crippen LogP contribution in [-0.2, 0) is 0 Å². The average Bonchev–Trinajstić information content (AvgIpc) is 2.44. The van der Waals surface area contributed by atoms with E-state index in [2.05, 4.69) is 37.3 Å². The summed E-state index contributed by atoms with van der Waals surface area (Å²) in [5, 5.41) is 0. The smallest absolute Gasteiger partial charge is 0.00719 e. The highest BCUT2D eigenvalue weighted by Gasteiger charge is 2.27. The van der Waals surface area contributed by atoms with E-state index in [1.165, 1.54) is 49.2 Å². The SMILES string of the molecule is CCCC1CCC(N)C(CCSc2ccccc2)C1. The zero-order valence-corrected chi connectivity index (χ0v) is 12.9. The van der Waals surface area contributed by atoms with Crippen molar-refractivity contribution in [3.8, 4) is 0 Å². The van der Waals surface area contributed by atoms with Gasteiger partial charge in [0.05, 0.1) is 0 Å². The summed E-state index contributed by atoms with van der Waals surface area (Å²) in [5.74, 6) is 2.90. The van der Waals surface area contributed by atoms with E-state index >= 15 is 0 Å². The van der Waals surface area contributed by atoms with Gasteiger partial charge in [-0.1, -0.05) is 38.0 Å². The van der Waals surface area contributed by atoms with Gasteiger partial charge in [-0.15, -0.1) is 11.8 Å². The van der Waals surface area contributed by atoms with Crippen molar-refractivity contribution in [2.45, 2.75) is 56.4 Å². The Morgan fingerprint density at radius 1 is 1.16 bits per heavy atom. The van der Waals surface area contributed by atoms with Gasteiger partial charge < -0.3 is 5.73 Å². The molecule has 2 rings (SSSR count). The van der Waals surface area contributed by atoms with Crippen LogP contribution in [0.3, 0.4) is 0 Å². The minimum absolute atomic E-state index is 0.449. The van der Waals surface area contributed by atoms with Crippen molar-refractivity contribution in [2.75, 3.05) is 5.75 Å². The van der Waals surface area contributed by atoms with Crippen LogP contribution in [0, 0.1) is 11.8 Å². The lowest BCUT2D eigenvalue weighted by Crippen LogP contribution is -2.36. The molecule has 0 heterocycles. The van der Waals surface area contributed by atoms with Gasteiger partial charge in [-0.25, -0.2) is 0 Å². The second-order valence-corrected chi connectivity index (χ2v) is 7.01. The zero-order valence-electron chi connectivity index (χ0n) is 12.1. The van der Waals surface area contributed by atoms with E-state index in [-0.39, 0.29) is 0 Å². The molecule has 106 valence electrons. The molecule has 1 saturated carbocycles. The van der Waals surface area contributed by atoms with Crippen molar-refractivity contribution >= 4 is 11.8 Å². The van der Waals surface area contributed by atoms with Gasteiger partial charge in [0.2, 0.25) is 0 Å². The quantitative estimate of drug-likeness (QED) is 0.762. The van der Waals surface area contributed by atoms with Crippen molar-refractivity contribution in [3.05, 3.63) is 30.3 Å². The number of benzene rings is 1. The second kappa shape index (κ2) is 7.96. The highest BCUT2D eigenvalue weighted by Crippen LogP contribution is 2.34. The van der Waals surface area contributed by atoms with Gasteiger partial charge in [-0.3, -0.25) is 0 Å². The summed E-state index contributed by atoms with van der Waals surface area (Å²) in [5.41, 5.74) is 6.31. The van der Waals surface area contributed by atoms with E-state index in [0.717, 1.165) is 11.8 Å². The molecule has 1 nitrogen and oxygen atoms in total. The molecule has 1 aromatic rings. The third-order valence-corrected chi connectivity index (χ3v) is 5.39. The highest BCUT2D eigenvalue weighted by atomic mass is 32.2. The number of nitrogens with two attached hydrogens (primary N) is 1. The molecule has 0 aliphatic heterocycles. The fourth-order valence-corrected chi connectivity index (χ4v) is 4.24. The summed E-state index contributed by atoms with van der Waals surface area (Å²) >= 11 is 1.98. The van der Waals surface area contributed by atoms with Crippen LogP contribution >= 0.6 is 11.8 Å². The molecule has 0 saturated heterocycles. The molecular weight excluding hydrogens is 250 g/mol. The Morgan fingerprint density at radius 3 is 2.68 bits per heavy atom. The van der Waals surface area contributed by atoms with E-state index in [1.54, 1.807) is 0 Å². The van der Waals surface area contributed by atoms with Crippen LogP contribution in [0.2, 0.25) is 0 Å². The van der Waals surface area contributed by atoms with Crippen LogP contribution in [0.1, 0.15) is 45.4 Å². The zero-order chi connectivity index (χ0) is 13.5. The Morgan fingerprint density at radius 2 is 1.95 bits per heavy atom. The van der Waals surface area contributed by atoms with Crippen molar-refractivity contribution in [2.24, 2.45) is 17.6 Å². The lowest BCUT2D eigenvalue weighted by Gasteiger charge is -2.34. The second-order valence-electron chi connectivity index (χ2n) is 5.84. The van der Waals surface area contributed by atoms with Gasteiger partial charge in [-0.05, 0) is 55.4 Å². The Labute approximate surface area is 122 Å². The van der Waals surface area contributed by atoms with E-state index in [0.29, 0.717) is 6.04 Å². The molecule has 0 aromatic heterocycles. The summed E-state index contributed by atoms with van der Waals surface area (Å²) in [6.45, 7) is 2.30. The van der Waals surface area contributed by atoms with E-state index in [9.17, 15) is 0 Å². The first-order valence-electron chi connectivity index (χ1n) is 7.73. The van der Waals surface area contributed by atoms with Gasteiger partial charge >= 0.3 is 0 Å². The molecule has 1 fully saturated rings. The van der Waals surface area contributed by atoms with Crippen molar-refractivity contribution in [3.63, 3.8) is 0 Å². The Bertz CT molecular complexity index is 352. The first-order valence-corrected chi connectivity index (χ1v) is 8.71. The number of hydrogen-bond donors (Lipinski definition) is 1. The molecule has 3 atom stereocenters. The molecule has 2 N–H and O–H groups in total. The van der Waals surface area contributed by atoms with Crippen LogP contribution in [-0.4, -0.2) is 11.8 Å². The maximum atomic E-state index is 6.31. The Hall–Kier alpha value is -0.470. The largest absolute Gasteiger partial charge is 0.327 e. The summed E-state index contributed by atoms with van der Waals surface area (Å²) in [6, 6.07) is 11.2. The fourth-order valence-electron chi connectivity index (χ4n) is 3.23. The minimum Gasteiger partial charge on any atom is -0.327 e. The molecule has 1 aromatic carbocycles. The van der Waals surface area contributed by atoms with Crippen LogP contribution < -0.4 is 5.73 Å². The summed E-state index contributed by atoms with van der Waals surface area (Å²) in [6.07, 6.45) is 7.97. The number of thioether (sulfide) groups is 1. The molecule has 0 radical (unpaired) electrons. The first kappa shape index (κ1) is 14.9. The molecule has 0 bridgehead atoms. The van der Waals surface area contributed by atoms with E-state index in [4.69, 9.17) is 5.73 Å². The number of hydrogen-bond acceptors (Lipinski definition) is 2. The maximum Gasteiger partial charge on any atom is 0.00719 e. The topological polar surface area (TPSA) is 26.0 Å². The predicted octanol–water partition coefficient (Wildman–Crippen LogP) is 4.71. The normalized spacial score (nSPS) is 27.4. The van der Waals surface area contributed by atoms with Crippen molar-refractivity contribution in [1.82, 2.24) is 0 Å².